The Labute approximate surface area is 117 Å². The van der Waals surface area contributed by atoms with Crippen LogP contribution in [0.2, 0.25) is 5.15 Å². The number of carbonyl (C=O) groups excluding carboxylic acids is 1. The molecule has 6 heteroatoms. The Morgan fingerprint density at radius 3 is 2.74 bits per heavy atom. The van der Waals surface area contributed by atoms with Gasteiger partial charge in [-0.3, -0.25) is 9.59 Å². The number of carbonyl (C=O) groups is 2. The molecule has 0 bridgehead atoms. The van der Waals surface area contributed by atoms with Crippen LogP contribution in [-0.2, 0) is 11.2 Å². The highest BCUT2D eigenvalue weighted by molar-refractivity contribution is 6.29. The summed E-state index contributed by atoms with van der Waals surface area (Å²) in [6.07, 6.45) is 1.65. The topological polar surface area (TPSA) is 79.3 Å². The molecule has 0 saturated heterocycles. The summed E-state index contributed by atoms with van der Waals surface area (Å²) in [7, 11) is 0. The number of aryl methyl sites for hydroxylation is 1. The maximum Gasteiger partial charge on any atom is 0.308 e. The van der Waals surface area contributed by atoms with E-state index in [9.17, 15) is 9.59 Å². The van der Waals surface area contributed by atoms with E-state index < -0.39 is 11.9 Å². The average Bonchev–Trinajstić information content (AvgIpc) is 2.35. The smallest absolute Gasteiger partial charge is 0.308 e. The van der Waals surface area contributed by atoms with E-state index in [1.807, 2.05) is 6.92 Å². The number of pyridine rings is 1. The Bertz CT molecular complexity index is 477. The average molecular weight is 285 g/mol. The van der Waals surface area contributed by atoms with E-state index in [1.165, 1.54) is 13.0 Å². The van der Waals surface area contributed by atoms with Gasteiger partial charge in [-0.15, -0.1) is 0 Å². The van der Waals surface area contributed by atoms with Gasteiger partial charge in [0, 0.05) is 17.8 Å². The first-order valence-electron chi connectivity index (χ1n) is 6.11. The number of amides is 1. The fourth-order valence-corrected chi connectivity index (χ4v) is 1.73. The van der Waals surface area contributed by atoms with Crippen molar-refractivity contribution < 1.29 is 14.7 Å². The molecule has 2 N–H and O–H groups in total. The molecule has 1 rings (SSSR count). The first-order valence-corrected chi connectivity index (χ1v) is 6.49. The summed E-state index contributed by atoms with van der Waals surface area (Å²) in [5.74, 6) is -1.91. The van der Waals surface area contributed by atoms with Crippen molar-refractivity contribution in [2.75, 3.05) is 6.54 Å². The standard InChI is InChI=1S/C13H17ClN2O3/c1-3-4-10-5-9(6-11(14)16-10)12(17)15-7-8(2)13(18)19/h5-6,8H,3-4,7H2,1-2H3,(H,15,17)(H,18,19). The normalized spacial score (nSPS) is 11.9. The predicted molar refractivity (Wildman–Crippen MR) is 72.4 cm³/mol. The Balaban J connectivity index is 2.73. The molecule has 19 heavy (non-hydrogen) atoms. The van der Waals surface area contributed by atoms with Crippen molar-refractivity contribution in [3.05, 3.63) is 28.5 Å². The molecule has 1 atom stereocenters. The van der Waals surface area contributed by atoms with Gasteiger partial charge < -0.3 is 10.4 Å². The van der Waals surface area contributed by atoms with E-state index >= 15 is 0 Å². The fourth-order valence-electron chi connectivity index (χ4n) is 1.50. The molecule has 1 aromatic rings. The Morgan fingerprint density at radius 1 is 1.47 bits per heavy atom. The van der Waals surface area contributed by atoms with Crippen molar-refractivity contribution in [2.24, 2.45) is 5.92 Å². The van der Waals surface area contributed by atoms with Crippen LogP contribution in [-0.4, -0.2) is 28.5 Å². The van der Waals surface area contributed by atoms with E-state index in [0.717, 1.165) is 18.5 Å². The minimum atomic E-state index is -0.945. The van der Waals surface area contributed by atoms with Crippen LogP contribution in [0.4, 0.5) is 0 Å². The minimum absolute atomic E-state index is 0.0806. The van der Waals surface area contributed by atoms with Crippen LogP contribution in [0.25, 0.3) is 0 Å². The molecule has 0 fully saturated rings. The van der Waals surface area contributed by atoms with Gasteiger partial charge in [0.05, 0.1) is 5.92 Å². The highest BCUT2D eigenvalue weighted by atomic mass is 35.5. The lowest BCUT2D eigenvalue weighted by Gasteiger charge is -2.09. The third-order valence-electron chi connectivity index (χ3n) is 2.61. The van der Waals surface area contributed by atoms with E-state index in [4.69, 9.17) is 16.7 Å². The number of hydrogen-bond acceptors (Lipinski definition) is 3. The van der Waals surface area contributed by atoms with Gasteiger partial charge in [-0.2, -0.15) is 0 Å². The van der Waals surface area contributed by atoms with Gasteiger partial charge in [0.15, 0.2) is 0 Å². The second-order valence-corrected chi connectivity index (χ2v) is 4.76. The molecule has 0 aromatic carbocycles. The number of hydrogen-bond donors (Lipinski definition) is 2. The Morgan fingerprint density at radius 2 is 2.16 bits per heavy atom. The van der Waals surface area contributed by atoms with Gasteiger partial charge in [-0.25, -0.2) is 4.98 Å². The summed E-state index contributed by atoms with van der Waals surface area (Å²) in [5, 5.41) is 11.6. The van der Waals surface area contributed by atoms with E-state index in [0.29, 0.717) is 5.56 Å². The third kappa shape index (κ3) is 4.87. The van der Waals surface area contributed by atoms with Crippen molar-refractivity contribution in [3.63, 3.8) is 0 Å². The lowest BCUT2D eigenvalue weighted by molar-refractivity contribution is -0.140. The number of aromatic nitrogens is 1. The highest BCUT2D eigenvalue weighted by Crippen LogP contribution is 2.12. The van der Waals surface area contributed by atoms with Crippen molar-refractivity contribution >= 4 is 23.5 Å². The van der Waals surface area contributed by atoms with Crippen LogP contribution in [0.15, 0.2) is 12.1 Å². The van der Waals surface area contributed by atoms with Crippen LogP contribution >= 0.6 is 11.6 Å². The molecule has 1 amide bonds. The van der Waals surface area contributed by atoms with Crippen LogP contribution in [0.5, 0.6) is 0 Å². The lowest BCUT2D eigenvalue weighted by atomic mass is 10.1. The molecule has 0 saturated carbocycles. The molecule has 0 aliphatic carbocycles. The van der Waals surface area contributed by atoms with Crippen molar-refractivity contribution in [3.8, 4) is 0 Å². The number of carboxylic acids is 1. The molecule has 1 heterocycles. The molecular formula is C13H17ClN2O3. The van der Waals surface area contributed by atoms with E-state index in [2.05, 4.69) is 10.3 Å². The first kappa shape index (κ1) is 15.4. The van der Waals surface area contributed by atoms with E-state index in [-0.39, 0.29) is 17.6 Å². The maximum absolute atomic E-state index is 11.9. The lowest BCUT2D eigenvalue weighted by Crippen LogP contribution is -2.31. The number of nitrogens with one attached hydrogen (secondary N) is 1. The molecule has 1 aromatic heterocycles. The zero-order valence-corrected chi connectivity index (χ0v) is 11.7. The summed E-state index contributed by atoms with van der Waals surface area (Å²) in [4.78, 5) is 26.7. The summed E-state index contributed by atoms with van der Waals surface area (Å²) in [5.41, 5.74) is 1.16. The SMILES string of the molecule is CCCc1cc(C(=O)NCC(C)C(=O)O)cc(Cl)n1. The van der Waals surface area contributed by atoms with Gasteiger partial charge in [0.25, 0.3) is 5.91 Å². The Kier molecular flexibility index (Phi) is 5.76. The quantitative estimate of drug-likeness (QED) is 0.785. The first-order chi connectivity index (χ1) is 8.93. The van der Waals surface area contributed by atoms with Gasteiger partial charge >= 0.3 is 5.97 Å². The molecular weight excluding hydrogens is 268 g/mol. The molecule has 5 nitrogen and oxygen atoms in total. The zero-order chi connectivity index (χ0) is 14.4. The van der Waals surface area contributed by atoms with Gasteiger partial charge in [-0.1, -0.05) is 31.9 Å². The van der Waals surface area contributed by atoms with Crippen molar-refractivity contribution in [1.29, 1.82) is 0 Å². The van der Waals surface area contributed by atoms with Crippen LogP contribution < -0.4 is 5.32 Å². The predicted octanol–water partition coefficient (Wildman–Crippen LogP) is 2.14. The second-order valence-electron chi connectivity index (χ2n) is 4.37. The second kappa shape index (κ2) is 7.09. The Hall–Kier alpha value is -1.62. The number of halogens is 1. The molecule has 0 aliphatic heterocycles. The van der Waals surface area contributed by atoms with Crippen LogP contribution in [0.1, 0.15) is 36.3 Å². The molecule has 1 unspecified atom stereocenters. The van der Waals surface area contributed by atoms with Crippen molar-refractivity contribution in [2.45, 2.75) is 26.7 Å². The largest absolute Gasteiger partial charge is 0.481 e. The van der Waals surface area contributed by atoms with Gasteiger partial charge in [0.2, 0.25) is 0 Å². The third-order valence-corrected chi connectivity index (χ3v) is 2.80. The minimum Gasteiger partial charge on any atom is -0.481 e. The summed E-state index contributed by atoms with van der Waals surface area (Å²) >= 11 is 5.86. The molecule has 104 valence electrons. The zero-order valence-electron chi connectivity index (χ0n) is 10.9. The van der Waals surface area contributed by atoms with Crippen LogP contribution in [0, 0.1) is 5.92 Å². The molecule has 0 radical (unpaired) electrons. The monoisotopic (exact) mass is 284 g/mol. The molecule has 0 aliphatic rings. The number of carboxylic acid groups (broad SMARTS) is 1. The van der Waals surface area contributed by atoms with Gasteiger partial charge in [0.1, 0.15) is 5.15 Å². The maximum atomic E-state index is 11.9. The fraction of sp³-hybridized carbons (Fsp3) is 0.462. The highest BCUT2D eigenvalue weighted by Gasteiger charge is 2.14. The molecule has 0 spiro atoms. The van der Waals surface area contributed by atoms with Gasteiger partial charge in [-0.05, 0) is 18.6 Å². The number of nitrogens with zero attached hydrogens (tertiary/aromatic N) is 1. The number of aliphatic carboxylic acids is 1. The van der Waals surface area contributed by atoms with Crippen LogP contribution in [0.3, 0.4) is 0 Å². The van der Waals surface area contributed by atoms with E-state index in [1.54, 1.807) is 6.07 Å². The summed E-state index contributed by atoms with van der Waals surface area (Å²) in [6, 6.07) is 3.15. The number of rotatable bonds is 6. The summed E-state index contributed by atoms with van der Waals surface area (Å²) in [6.45, 7) is 3.62. The summed E-state index contributed by atoms with van der Waals surface area (Å²) < 4.78 is 0. The van der Waals surface area contributed by atoms with Crippen molar-refractivity contribution in [1.82, 2.24) is 10.3 Å².